The summed E-state index contributed by atoms with van der Waals surface area (Å²) in [6.07, 6.45) is 4.26. The zero-order valence-corrected chi connectivity index (χ0v) is 17.2. The molecule has 1 saturated heterocycles. The molecule has 1 unspecified atom stereocenters. The predicted octanol–water partition coefficient (Wildman–Crippen LogP) is 4.12. The smallest absolute Gasteiger partial charge is 0.243 e. The van der Waals surface area contributed by atoms with Crippen LogP contribution in [-0.4, -0.2) is 37.5 Å². The second kappa shape index (κ2) is 9.07. The molecular weight excluding hydrogens is 399 g/mol. The van der Waals surface area contributed by atoms with Crippen LogP contribution in [0, 0.1) is 5.82 Å². The highest BCUT2D eigenvalue weighted by Crippen LogP contribution is 2.29. The highest BCUT2D eigenvalue weighted by Gasteiger charge is 2.34. The molecule has 0 spiro atoms. The quantitative estimate of drug-likeness (QED) is 0.711. The molecule has 1 N–H and O–H groups in total. The molecule has 1 heterocycles. The van der Waals surface area contributed by atoms with Crippen LogP contribution in [0.2, 0.25) is 0 Å². The number of sulfonamides is 1. The minimum absolute atomic E-state index is 0.0499. The standard InChI is InChI=1S/C20H23FN2O3S2/c1-27-19-8-3-2-7-18(19)22-20(24)14-16-6-4-5-13-23(16)28(25,26)17-11-9-15(21)10-12-17/h2-3,7-12,16H,4-6,13-14H2,1H3,(H,22,24). The second-order valence-electron chi connectivity index (χ2n) is 6.67. The van der Waals surface area contributed by atoms with Crippen LogP contribution < -0.4 is 5.32 Å². The van der Waals surface area contributed by atoms with Gasteiger partial charge in [-0.25, -0.2) is 12.8 Å². The largest absolute Gasteiger partial charge is 0.325 e. The molecule has 1 atom stereocenters. The molecule has 1 fully saturated rings. The van der Waals surface area contributed by atoms with Gasteiger partial charge in [0.2, 0.25) is 15.9 Å². The number of amides is 1. The van der Waals surface area contributed by atoms with Gasteiger partial charge in [0.05, 0.1) is 10.6 Å². The zero-order chi connectivity index (χ0) is 20.1. The SMILES string of the molecule is CSc1ccccc1NC(=O)CC1CCCCN1S(=O)(=O)c1ccc(F)cc1. The Morgan fingerprint density at radius 3 is 2.61 bits per heavy atom. The van der Waals surface area contributed by atoms with E-state index < -0.39 is 21.9 Å². The van der Waals surface area contributed by atoms with Crippen molar-refractivity contribution in [1.29, 1.82) is 0 Å². The number of rotatable bonds is 6. The lowest BCUT2D eigenvalue weighted by atomic mass is 10.0. The number of nitrogens with one attached hydrogen (secondary N) is 1. The molecule has 0 bridgehead atoms. The Bertz CT molecular complexity index is 933. The lowest BCUT2D eigenvalue weighted by Gasteiger charge is -2.34. The van der Waals surface area contributed by atoms with Crippen LogP contribution in [0.3, 0.4) is 0 Å². The van der Waals surface area contributed by atoms with E-state index in [0.29, 0.717) is 13.0 Å². The van der Waals surface area contributed by atoms with Crippen LogP contribution in [0.5, 0.6) is 0 Å². The molecule has 8 heteroatoms. The van der Waals surface area contributed by atoms with Crippen LogP contribution in [0.15, 0.2) is 58.3 Å². The van der Waals surface area contributed by atoms with E-state index >= 15 is 0 Å². The van der Waals surface area contributed by atoms with Gasteiger partial charge in [0.25, 0.3) is 0 Å². The lowest BCUT2D eigenvalue weighted by molar-refractivity contribution is -0.117. The van der Waals surface area contributed by atoms with Gasteiger partial charge in [0.15, 0.2) is 0 Å². The van der Waals surface area contributed by atoms with Gasteiger partial charge in [-0.2, -0.15) is 4.31 Å². The van der Waals surface area contributed by atoms with E-state index in [2.05, 4.69) is 5.32 Å². The average molecular weight is 423 g/mol. The number of carbonyl (C=O) groups is 1. The molecule has 28 heavy (non-hydrogen) atoms. The zero-order valence-electron chi connectivity index (χ0n) is 15.6. The number of carbonyl (C=O) groups excluding carboxylic acids is 1. The van der Waals surface area contributed by atoms with Crippen molar-refractivity contribution < 1.29 is 17.6 Å². The maximum atomic E-state index is 13.2. The predicted molar refractivity (Wildman–Crippen MR) is 109 cm³/mol. The molecule has 1 amide bonds. The summed E-state index contributed by atoms with van der Waals surface area (Å²) in [6.45, 7) is 0.360. The van der Waals surface area contributed by atoms with Gasteiger partial charge in [-0.3, -0.25) is 4.79 Å². The van der Waals surface area contributed by atoms with Crippen molar-refractivity contribution in [1.82, 2.24) is 4.31 Å². The first-order chi connectivity index (χ1) is 13.4. The van der Waals surface area contributed by atoms with Crippen molar-refractivity contribution >= 4 is 33.4 Å². The monoisotopic (exact) mass is 422 g/mol. The molecule has 2 aromatic rings. The third kappa shape index (κ3) is 4.74. The van der Waals surface area contributed by atoms with Crippen molar-refractivity contribution in [2.75, 3.05) is 18.1 Å². The first-order valence-electron chi connectivity index (χ1n) is 9.12. The van der Waals surface area contributed by atoms with Crippen LogP contribution in [0.4, 0.5) is 10.1 Å². The summed E-state index contributed by atoms with van der Waals surface area (Å²) in [5.41, 5.74) is 0.726. The Labute approximate surface area is 169 Å². The highest BCUT2D eigenvalue weighted by atomic mass is 32.2. The summed E-state index contributed by atoms with van der Waals surface area (Å²) in [7, 11) is -3.78. The molecule has 150 valence electrons. The molecule has 5 nitrogen and oxygen atoms in total. The fraction of sp³-hybridized carbons (Fsp3) is 0.350. The maximum Gasteiger partial charge on any atom is 0.243 e. The van der Waals surface area contributed by atoms with Crippen molar-refractivity contribution in [3.8, 4) is 0 Å². The molecule has 0 saturated carbocycles. The summed E-state index contributed by atoms with van der Waals surface area (Å²) >= 11 is 1.54. The third-order valence-electron chi connectivity index (χ3n) is 4.80. The van der Waals surface area contributed by atoms with Crippen molar-refractivity contribution in [3.63, 3.8) is 0 Å². The number of piperidine rings is 1. The second-order valence-corrected chi connectivity index (χ2v) is 9.41. The number of para-hydroxylation sites is 1. The number of halogens is 1. The van der Waals surface area contributed by atoms with Gasteiger partial charge in [-0.15, -0.1) is 11.8 Å². The lowest BCUT2D eigenvalue weighted by Crippen LogP contribution is -2.45. The fourth-order valence-electron chi connectivity index (χ4n) is 3.40. The van der Waals surface area contributed by atoms with Gasteiger partial charge >= 0.3 is 0 Å². The van der Waals surface area contributed by atoms with Crippen LogP contribution in [0.25, 0.3) is 0 Å². The number of thioether (sulfide) groups is 1. The van der Waals surface area contributed by atoms with E-state index in [1.165, 1.54) is 28.2 Å². The Kier molecular flexibility index (Phi) is 6.74. The first-order valence-corrected chi connectivity index (χ1v) is 11.8. The van der Waals surface area contributed by atoms with Crippen LogP contribution in [0.1, 0.15) is 25.7 Å². The number of nitrogens with zero attached hydrogens (tertiary/aromatic N) is 1. The summed E-state index contributed by atoms with van der Waals surface area (Å²) < 4.78 is 40.6. The molecule has 2 aromatic carbocycles. The number of anilines is 1. The molecule has 3 rings (SSSR count). The normalized spacial score (nSPS) is 18.0. The van der Waals surface area contributed by atoms with Crippen molar-refractivity contribution in [3.05, 3.63) is 54.3 Å². The molecule has 1 aliphatic rings. The minimum Gasteiger partial charge on any atom is -0.325 e. The van der Waals surface area contributed by atoms with E-state index in [9.17, 15) is 17.6 Å². The van der Waals surface area contributed by atoms with Gasteiger partial charge in [0.1, 0.15) is 5.82 Å². The summed E-state index contributed by atoms with van der Waals surface area (Å²) in [4.78, 5) is 13.6. The molecule has 0 aromatic heterocycles. The highest BCUT2D eigenvalue weighted by molar-refractivity contribution is 7.98. The average Bonchev–Trinajstić information content (AvgIpc) is 2.69. The first kappa shape index (κ1) is 20.8. The summed E-state index contributed by atoms with van der Waals surface area (Å²) in [5, 5.41) is 2.90. The van der Waals surface area contributed by atoms with Gasteiger partial charge < -0.3 is 5.32 Å². The number of benzene rings is 2. The van der Waals surface area contributed by atoms with E-state index in [4.69, 9.17) is 0 Å². The Morgan fingerprint density at radius 2 is 1.89 bits per heavy atom. The Morgan fingerprint density at radius 1 is 1.18 bits per heavy atom. The number of hydrogen-bond acceptors (Lipinski definition) is 4. The Balaban J connectivity index is 1.76. The van der Waals surface area contributed by atoms with E-state index in [1.54, 1.807) is 0 Å². The third-order valence-corrected chi connectivity index (χ3v) is 7.56. The van der Waals surface area contributed by atoms with E-state index in [1.807, 2.05) is 30.5 Å². The summed E-state index contributed by atoms with van der Waals surface area (Å²) in [6, 6.07) is 11.9. The molecular formula is C20H23FN2O3S2. The van der Waals surface area contributed by atoms with Gasteiger partial charge in [-0.1, -0.05) is 18.6 Å². The van der Waals surface area contributed by atoms with Crippen LogP contribution in [-0.2, 0) is 14.8 Å². The van der Waals surface area contributed by atoms with Crippen molar-refractivity contribution in [2.45, 2.75) is 41.5 Å². The van der Waals surface area contributed by atoms with Crippen molar-refractivity contribution in [2.24, 2.45) is 0 Å². The molecule has 0 radical (unpaired) electrons. The molecule has 1 aliphatic heterocycles. The minimum atomic E-state index is -3.78. The topological polar surface area (TPSA) is 66.5 Å². The number of hydrogen-bond donors (Lipinski definition) is 1. The molecule has 0 aliphatic carbocycles. The maximum absolute atomic E-state index is 13.2. The van der Waals surface area contributed by atoms with Crippen LogP contribution >= 0.6 is 11.8 Å². The summed E-state index contributed by atoms with van der Waals surface area (Å²) in [5.74, 6) is -0.700. The fourth-order valence-corrected chi connectivity index (χ4v) is 5.65. The van der Waals surface area contributed by atoms with Gasteiger partial charge in [-0.05, 0) is 55.5 Å². The Hall–Kier alpha value is -1.90. The van der Waals surface area contributed by atoms with Gasteiger partial charge in [0, 0.05) is 23.9 Å². The van der Waals surface area contributed by atoms with E-state index in [-0.39, 0.29) is 17.2 Å². The van der Waals surface area contributed by atoms with E-state index in [0.717, 1.165) is 35.6 Å².